The summed E-state index contributed by atoms with van der Waals surface area (Å²) in [5.74, 6) is 0.801. The first-order chi connectivity index (χ1) is 13.0. The SMILES string of the molecule is CN=C(NCCCCc1ccc([N+](=O)[O-])cc1)NCCc1nc(C)c(C)s1.I. The number of unbranched alkanes of at least 4 members (excludes halogenated alkanes) is 1. The molecular weight excluding hydrogens is 489 g/mol. The maximum absolute atomic E-state index is 10.7. The Morgan fingerprint density at radius 2 is 1.82 bits per heavy atom. The van der Waals surface area contributed by atoms with E-state index < -0.39 is 0 Å². The van der Waals surface area contributed by atoms with E-state index in [1.54, 1.807) is 30.5 Å². The Balaban J connectivity index is 0.00000392. The molecule has 0 fully saturated rings. The van der Waals surface area contributed by atoms with Crippen molar-refractivity contribution in [2.75, 3.05) is 20.1 Å². The maximum atomic E-state index is 10.7. The van der Waals surface area contributed by atoms with E-state index in [0.717, 1.165) is 61.0 Å². The van der Waals surface area contributed by atoms with Crippen molar-refractivity contribution >= 4 is 47.0 Å². The largest absolute Gasteiger partial charge is 0.356 e. The van der Waals surface area contributed by atoms with Crippen LogP contribution in [0.25, 0.3) is 0 Å². The number of hydrogen-bond acceptors (Lipinski definition) is 5. The number of hydrogen-bond donors (Lipinski definition) is 2. The van der Waals surface area contributed by atoms with Gasteiger partial charge in [0.1, 0.15) is 0 Å². The lowest BCUT2D eigenvalue weighted by atomic mass is 10.1. The first kappa shape index (κ1) is 24.3. The van der Waals surface area contributed by atoms with Crippen LogP contribution in [0.4, 0.5) is 5.69 Å². The molecule has 0 saturated heterocycles. The maximum Gasteiger partial charge on any atom is 0.269 e. The normalized spacial score (nSPS) is 11.0. The zero-order valence-electron chi connectivity index (χ0n) is 16.5. The number of thiazole rings is 1. The predicted molar refractivity (Wildman–Crippen MR) is 126 cm³/mol. The summed E-state index contributed by atoms with van der Waals surface area (Å²) in [7, 11) is 1.77. The van der Waals surface area contributed by atoms with Crippen LogP contribution in [-0.4, -0.2) is 36.0 Å². The van der Waals surface area contributed by atoms with Gasteiger partial charge >= 0.3 is 0 Å². The monoisotopic (exact) mass is 517 g/mol. The molecule has 0 aliphatic rings. The Morgan fingerprint density at radius 3 is 2.39 bits per heavy atom. The van der Waals surface area contributed by atoms with Gasteiger partial charge in [0.2, 0.25) is 0 Å². The van der Waals surface area contributed by atoms with E-state index >= 15 is 0 Å². The van der Waals surface area contributed by atoms with Gasteiger partial charge in [-0.2, -0.15) is 0 Å². The molecule has 0 amide bonds. The van der Waals surface area contributed by atoms with Gasteiger partial charge in [0.15, 0.2) is 5.96 Å². The zero-order valence-corrected chi connectivity index (χ0v) is 19.7. The van der Waals surface area contributed by atoms with Crippen LogP contribution in [-0.2, 0) is 12.8 Å². The summed E-state index contributed by atoms with van der Waals surface area (Å²) in [5.41, 5.74) is 2.38. The second kappa shape index (κ2) is 12.7. The van der Waals surface area contributed by atoms with Gasteiger partial charge in [0, 0.05) is 43.6 Å². The summed E-state index contributed by atoms with van der Waals surface area (Å²) >= 11 is 1.75. The number of non-ortho nitro benzene ring substituents is 1. The van der Waals surface area contributed by atoms with Crippen molar-refractivity contribution < 1.29 is 4.92 Å². The molecule has 0 unspecified atom stereocenters. The molecule has 2 N–H and O–H groups in total. The highest BCUT2D eigenvalue weighted by atomic mass is 127. The number of nitro benzene ring substituents is 1. The van der Waals surface area contributed by atoms with E-state index in [-0.39, 0.29) is 34.6 Å². The third kappa shape index (κ3) is 8.09. The van der Waals surface area contributed by atoms with Crippen LogP contribution in [0.5, 0.6) is 0 Å². The van der Waals surface area contributed by atoms with Gasteiger partial charge in [-0.05, 0) is 38.7 Å². The van der Waals surface area contributed by atoms with Gasteiger partial charge in [0.25, 0.3) is 5.69 Å². The number of aliphatic imine (C=N–C) groups is 1. The molecule has 0 aliphatic carbocycles. The molecular formula is C19H28IN5O2S. The first-order valence-corrected chi connectivity index (χ1v) is 9.92. The van der Waals surface area contributed by atoms with Gasteiger partial charge in [-0.15, -0.1) is 35.3 Å². The van der Waals surface area contributed by atoms with Crippen LogP contribution in [0.2, 0.25) is 0 Å². The Morgan fingerprint density at radius 1 is 1.14 bits per heavy atom. The zero-order chi connectivity index (χ0) is 19.6. The fourth-order valence-corrected chi connectivity index (χ4v) is 3.53. The number of nitro groups is 1. The average Bonchev–Trinajstić information content (AvgIpc) is 2.98. The fraction of sp³-hybridized carbons (Fsp3) is 0.474. The van der Waals surface area contributed by atoms with E-state index in [1.807, 2.05) is 19.1 Å². The molecule has 1 heterocycles. The summed E-state index contributed by atoms with van der Waals surface area (Å²) in [5, 5.41) is 18.4. The van der Waals surface area contributed by atoms with Crippen molar-refractivity contribution in [1.29, 1.82) is 0 Å². The Bertz CT molecular complexity index is 758. The fourth-order valence-electron chi connectivity index (χ4n) is 2.60. The molecule has 0 aliphatic heterocycles. The van der Waals surface area contributed by atoms with Crippen molar-refractivity contribution in [1.82, 2.24) is 15.6 Å². The van der Waals surface area contributed by atoms with Gasteiger partial charge < -0.3 is 10.6 Å². The van der Waals surface area contributed by atoms with E-state index in [0.29, 0.717) is 0 Å². The molecule has 0 radical (unpaired) electrons. The quantitative estimate of drug-likeness (QED) is 0.131. The summed E-state index contributed by atoms with van der Waals surface area (Å²) in [6, 6.07) is 6.78. The van der Waals surface area contributed by atoms with Crippen LogP contribution in [0.3, 0.4) is 0 Å². The summed E-state index contributed by atoms with van der Waals surface area (Å²) < 4.78 is 0. The number of nitrogens with one attached hydrogen (secondary N) is 2. The molecule has 2 rings (SSSR count). The number of halogens is 1. The van der Waals surface area contributed by atoms with Crippen LogP contribution >= 0.6 is 35.3 Å². The molecule has 7 nitrogen and oxygen atoms in total. The van der Waals surface area contributed by atoms with Gasteiger partial charge in [-0.1, -0.05) is 12.1 Å². The van der Waals surface area contributed by atoms with Crippen molar-refractivity contribution in [3.63, 3.8) is 0 Å². The van der Waals surface area contributed by atoms with Gasteiger partial charge in [-0.3, -0.25) is 15.1 Å². The minimum absolute atomic E-state index is 0. The van der Waals surface area contributed by atoms with E-state index in [2.05, 4.69) is 27.5 Å². The Hall–Kier alpha value is -1.75. The number of rotatable bonds is 9. The van der Waals surface area contributed by atoms with Crippen LogP contribution in [0.1, 0.15) is 34.0 Å². The smallest absolute Gasteiger partial charge is 0.269 e. The first-order valence-electron chi connectivity index (χ1n) is 9.10. The summed E-state index contributed by atoms with van der Waals surface area (Å²) in [6.45, 7) is 5.78. The minimum Gasteiger partial charge on any atom is -0.356 e. The van der Waals surface area contributed by atoms with Crippen LogP contribution < -0.4 is 10.6 Å². The van der Waals surface area contributed by atoms with E-state index in [9.17, 15) is 10.1 Å². The van der Waals surface area contributed by atoms with Crippen LogP contribution in [0.15, 0.2) is 29.3 Å². The van der Waals surface area contributed by atoms with Crippen molar-refractivity contribution in [2.45, 2.75) is 39.5 Å². The number of aryl methyl sites for hydroxylation is 3. The average molecular weight is 517 g/mol. The topological polar surface area (TPSA) is 92.5 Å². The highest BCUT2D eigenvalue weighted by molar-refractivity contribution is 14.0. The van der Waals surface area contributed by atoms with Crippen molar-refractivity contribution in [3.8, 4) is 0 Å². The van der Waals surface area contributed by atoms with Gasteiger partial charge in [0.05, 0.1) is 15.6 Å². The molecule has 2 aromatic rings. The molecule has 9 heteroatoms. The number of benzene rings is 1. The number of nitrogens with zero attached hydrogens (tertiary/aromatic N) is 3. The standard InChI is InChI=1S/C19H27N5O2S.HI/c1-14-15(2)27-18(23-14)11-13-22-19(20-3)21-12-5-4-6-16-7-9-17(10-8-16)24(25)26;/h7-10H,4-6,11-13H2,1-3H3,(H2,20,21,22);1H. The summed E-state index contributed by atoms with van der Waals surface area (Å²) in [4.78, 5) is 20.3. The molecule has 0 spiro atoms. The van der Waals surface area contributed by atoms with Crippen molar-refractivity contribution in [3.05, 3.63) is 55.5 Å². The second-order valence-corrected chi connectivity index (χ2v) is 7.59. The van der Waals surface area contributed by atoms with Crippen LogP contribution in [0, 0.1) is 24.0 Å². The molecule has 0 saturated carbocycles. The molecule has 28 heavy (non-hydrogen) atoms. The molecule has 1 aromatic carbocycles. The number of guanidine groups is 1. The summed E-state index contributed by atoms with van der Waals surface area (Å²) in [6.07, 6.45) is 3.82. The lowest BCUT2D eigenvalue weighted by Gasteiger charge is -2.11. The van der Waals surface area contributed by atoms with E-state index in [4.69, 9.17) is 0 Å². The predicted octanol–water partition coefficient (Wildman–Crippen LogP) is 4.02. The third-order valence-corrected chi connectivity index (χ3v) is 5.39. The number of aromatic nitrogens is 1. The van der Waals surface area contributed by atoms with Crippen molar-refractivity contribution in [2.24, 2.45) is 4.99 Å². The molecule has 154 valence electrons. The Kier molecular flexibility index (Phi) is 11.0. The molecule has 0 atom stereocenters. The second-order valence-electron chi connectivity index (χ2n) is 6.31. The van der Waals surface area contributed by atoms with Gasteiger partial charge in [-0.25, -0.2) is 4.98 Å². The molecule has 0 bridgehead atoms. The molecule has 1 aromatic heterocycles. The van der Waals surface area contributed by atoms with E-state index in [1.165, 1.54) is 4.88 Å². The Labute approximate surface area is 187 Å². The third-order valence-electron chi connectivity index (χ3n) is 4.26. The lowest BCUT2D eigenvalue weighted by Crippen LogP contribution is -2.38. The minimum atomic E-state index is -0.372. The highest BCUT2D eigenvalue weighted by Crippen LogP contribution is 2.16. The highest BCUT2D eigenvalue weighted by Gasteiger charge is 2.05. The lowest BCUT2D eigenvalue weighted by molar-refractivity contribution is -0.384.